The molecule has 5 heteroatoms. The number of anilines is 1. The molecule has 0 heterocycles. The van der Waals surface area contributed by atoms with Gasteiger partial charge in [0.25, 0.3) is 5.69 Å². The van der Waals surface area contributed by atoms with Crippen molar-refractivity contribution in [1.29, 1.82) is 0 Å². The summed E-state index contributed by atoms with van der Waals surface area (Å²) in [7, 11) is 0. The van der Waals surface area contributed by atoms with E-state index in [-0.39, 0.29) is 5.69 Å². The monoisotopic (exact) mass is 250 g/mol. The summed E-state index contributed by atoms with van der Waals surface area (Å²) in [4.78, 5) is 10.2. The smallest absolute Gasteiger partial charge is 0.295 e. The van der Waals surface area contributed by atoms with E-state index in [0.717, 1.165) is 25.3 Å². The number of benzene rings is 1. The van der Waals surface area contributed by atoms with Crippen molar-refractivity contribution in [3.8, 4) is 0 Å². The predicted octanol–water partition coefficient (Wildman–Crippen LogP) is 3.50. The van der Waals surface area contributed by atoms with E-state index in [1.54, 1.807) is 0 Å². The van der Waals surface area contributed by atoms with Gasteiger partial charge < -0.3 is 5.32 Å². The largest absolute Gasteiger partial charge is 0.379 e. The van der Waals surface area contributed by atoms with E-state index in [1.165, 1.54) is 12.1 Å². The molecule has 1 unspecified atom stereocenters. The van der Waals surface area contributed by atoms with Crippen LogP contribution in [0.15, 0.2) is 30.4 Å². The van der Waals surface area contributed by atoms with Crippen molar-refractivity contribution in [2.75, 3.05) is 11.9 Å². The lowest BCUT2D eigenvalue weighted by Crippen LogP contribution is -2.16. The zero-order chi connectivity index (χ0) is 13.0. The van der Waals surface area contributed by atoms with Gasteiger partial charge in [0.1, 0.15) is 11.5 Å². The number of rotatable bonds is 4. The number of allylic oxidation sites excluding steroid dienone is 2. The van der Waals surface area contributed by atoms with E-state index in [4.69, 9.17) is 0 Å². The average Bonchev–Trinajstić information content (AvgIpc) is 2.38. The summed E-state index contributed by atoms with van der Waals surface area (Å²) >= 11 is 0. The van der Waals surface area contributed by atoms with E-state index in [9.17, 15) is 14.5 Å². The van der Waals surface area contributed by atoms with Gasteiger partial charge in [-0.15, -0.1) is 0 Å². The summed E-state index contributed by atoms with van der Waals surface area (Å²) in [6.07, 6.45) is 7.41. The Hall–Kier alpha value is -1.91. The molecule has 1 atom stereocenters. The van der Waals surface area contributed by atoms with Gasteiger partial charge >= 0.3 is 0 Å². The first kappa shape index (κ1) is 12.5. The van der Waals surface area contributed by atoms with Crippen LogP contribution in [0.3, 0.4) is 0 Å². The Balaban J connectivity index is 2.04. The topological polar surface area (TPSA) is 55.2 Å². The normalized spacial score (nSPS) is 18.6. The fraction of sp³-hybridized carbons (Fsp3) is 0.385. The van der Waals surface area contributed by atoms with Gasteiger partial charge in [-0.2, -0.15) is 0 Å². The van der Waals surface area contributed by atoms with Gasteiger partial charge in [0.05, 0.1) is 11.0 Å². The summed E-state index contributed by atoms with van der Waals surface area (Å²) in [5.74, 6) is -0.104. The lowest BCUT2D eigenvalue weighted by Gasteiger charge is -2.18. The summed E-state index contributed by atoms with van der Waals surface area (Å²) in [6.45, 7) is 0.677. The van der Waals surface area contributed by atoms with Crippen molar-refractivity contribution in [2.24, 2.45) is 5.92 Å². The molecule has 0 fully saturated rings. The van der Waals surface area contributed by atoms with E-state index in [2.05, 4.69) is 17.5 Å². The molecule has 1 aliphatic carbocycles. The minimum absolute atomic E-state index is 0.207. The van der Waals surface area contributed by atoms with Gasteiger partial charge in [-0.05, 0) is 37.3 Å². The third-order valence-corrected chi connectivity index (χ3v) is 3.12. The fourth-order valence-corrected chi connectivity index (χ4v) is 2.10. The Morgan fingerprint density at radius 3 is 2.94 bits per heavy atom. The van der Waals surface area contributed by atoms with Crippen molar-refractivity contribution in [1.82, 2.24) is 0 Å². The maximum absolute atomic E-state index is 13.0. The average molecular weight is 250 g/mol. The van der Waals surface area contributed by atoms with Crippen LogP contribution in [0.5, 0.6) is 0 Å². The lowest BCUT2D eigenvalue weighted by molar-refractivity contribution is -0.384. The highest BCUT2D eigenvalue weighted by Crippen LogP contribution is 2.26. The quantitative estimate of drug-likeness (QED) is 0.505. The highest BCUT2D eigenvalue weighted by atomic mass is 19.1. The zero-order valence-electron chi connectivity index (χ0n) is 9.93. The van der Waals surface area contributed by atoms with Gasteiger partial charge in [-0.1, -0.05) is 12.2 Å². The molecule has 1 aromatic rings. The Morgan fingerprint density at radius 2 is 2.28 bits per heavy atom. The van der Waals surface area contributed by atoms with E-state index < -0.39 is 10.7 Å². The summed E-state index contributed by atoms with van der Waals surface area (Å²) in [5, 5.41) is 13.9. The van der Waals surface area contributed by atoms with Gasteiger partial charge in [0, 0.05) is 6.54 Å². The number of nitro groups is 1. The minimum atomic E-state index is -0.590. The van der Waals surface area contributed by atoms with Gasteiger partial charge in [0.15, 0.2) is 0 Å². The van der Waals surface area contributed by atoms with Crippen molar-refractivity contribution < 1.29 is 9.31 Å². The minimum Gasteiger partial charge on any atom is -0.379 e. The van der Waals surface area contributed by atoms with Crippen molar-refractivity contribution >= 4 is 11.4 Å². The maximum atomic E-state index is 13.0. The molecule has 96 valence electrons. The van der Waals surface area contributed by atoms with Crippen LogP contribution in [0.1, 0.15) is 19.3 Å². The molecule has 2 rings (SSSR count). The van der Waals surface area contributed by atoms with E-state index in [1.807, 2.05) is 0 Å². The molecular weight excluding hydrogens is 235 g/mol. The van der Waals surface area contributed by atoms with E-state index in [0.29, 0.717) is 18.2 Å². The van der Waals surface area contributed by atoms with E-state index >= 15 is 0 Å². The second-order valence-electron chi connectivity index (χ2n) is 4.45. The number of halogens is 1. The van der Waals surface area contributed by atoms with Crippen molar-refractivity contribution in [3.63, 3.8) is 0 Å². The van der Waals surface area contributed by atoms with Crippen LogP contribution in [0.4, 0.5) is 15.8 Å². The molecule has 0 bridgehead atoms. The highest BCUT2D eigenvalue weighted by molar-refractivity contribution is 5.61. The van der Waals surface area contributed by atoms with Gasteiger partial charge in [-0.3, -0.25) is 10.1 Å². The molecule has 4 nitrogen and oxygen atoms in total. The highest BCUT2D eigenvalue weighted by Gasteiger charge is 2.16. The maximum Gasteiger partial charge on any atom is 0.295 e. The molecule has 1 aromatic carbocycles. The van der Waals surface area contributed by atoms with Crippen molar-refractivity contribution in [2.45, 2.75) is 19.3 Å². The first-order valence-electron chi connectivity index (χ1n) is 5.99. The summed E-state index contributed by atoms with van der Waals surface area (Å²) < 4.78 is 13.0. The van der Waals surface area contributed by atoms with Crippen LogP contribution in [0.25, 0.3) is 0 Å². The molecule has 0 saturated heterocycles. The van der Waals surface area contributed by atoms with Crippen LogP contribution >= 0.6 is 0 Å². The Bertz CT molecular complexity index is 474. The van der Waals surface area contributed by atoms with Crippen LogP contribution in [0, 0.1) is 21.8 Å². The summed E-state index contributed by atoms with van der Waals surface area (Å²) in [6, 6.07) is 3.60. The van der Waals surface area contributed by atoms with Gasteiger partial charge in [-0.25, -0.2) is 4.39 Å². The third kappa shape index (κ3) is 3.06. The number of nitro benzene ring substituents is 1. The molecule has 0 saturated carbocycles. The molecule has 0 amide bonds. The Morgan fingerprint density at radius 1 is 1.44 bits per heavy atom. The Kier molecular flexibility index (Phi) is 3.92. The molecule has 1 N–H and O–H groups in total. The van der Waals surface area contributed by atoms with Crippen LogP contribution in [-0.4, -0.2) is 11.5 Å². The number of nitrogens with zero attached hydrogens (tertiary/aromatic N) is 1. The van der Waals surface area contributed by atoms with Gasteiger partial charge in [0.2, 0.25) is 0 Å². The SMILES string of the molecule is O=[N+]([O-])c1cc(F)ccc1NCC1CC=CCC1. The number of hydrogen-bond donors (Lipinski definition) is 1. The molecule has 0 aromatic heterocycles. The molecular formula is C13H15FN2O2. The third-order valence-electron chi connectivity index (χ3n) is 3.12. The fourth-order valence-electron chi connectivity index (χ4n) is 2.10. The first-order chi connectivity index (χ1) is 8.66. The number of nitrogens with one attached hydrogen (secondary N) is 1. The summed E-state index contributed by atoms with van der Waals surface area (Å²) in [5.41, 5.74) is 0.178. The Labute approximate surface area is 105 Å². The van der Waals surface area contributed by atoms with Crippen LogP contribution in [0.2, 0.25) is 0 Å². The van der Waals surface area contributed by atoms with Crippen LogP contribution < -0.4 is 5.32 Å². The lowest BCUT2D eigenvalue weighted by atomic mass is 9.94. The second kappa shape index (κ2) is 5.62. The molecule has 1 aliphatic rings. The molecule has 0 aliphatic heterocycles. The van der Waals surface area contributed by atoms with Crippen LogP contribution in [-0.2, 0) is 0 Å². The standard InChI is InChI=1S/C13H15FN2O2/c14-11-6-7-12(13(8-11)16(17)18)15-9-10-4-2-1-3-5-10/h1-2,6-8,10,15H,3-5,9H2. The molecule has 0 spiro atoms. The number of hydrogen-bond acceptors (Lipinski definition) is 3. The van der Waals surface area contributed by atoms with Crippen molar-refractivity contribution in [3.05, 3.63) is 46.3 Å². The first-order valence-corrected chi connectivity index (χ1v) is 5.99. The second-order valence-corrected chi connectivity index (χ2v) is 4.45. The molecule has 18 heavy (non-hydrogen) atoms. The molecule has 0 radical (unpaired) electrons. The zero-order valence-corrected chi connectivity index (χ0v) is 9.93. The predicted molar refractivity (Wildman–Crippen MR) is 68.0 cm³/mol.